The Labute approximate surface area is 140 Å². The summed E-state index contributed by atoms with van der Waals surface area (Å²) in [6.07, 6.45) is 1.26. The summed E-state index contributed by atoms with van der Waals surface area (Å²) in [6, 6.07) is 9.88. The molecule has 0 fully saturated rings. The van der Waals surface area contributed by atoms with Crippen LogP contribution in [0.5, 0.6) is 5.75 Å². The first kappa shape index (κ1) is 14.8. The van der Waals surface area contributed by atoms with Crippen molar-refractivity contribution < 1.29 is 9.53 Å². The standard InChI is InChI=1S/C17H14Br2O2/c1-10-2-3-15(19)14(6-10)16(20)9-12-8-13(18)7-11-4-5-21-17(11)12/h2-3,6-8H,4-5,9H2,1H3. The maximum absolute atomic E-state index is 12.6. The second-order valence-electron chi connectivity index (χ2n) is 5.23. The van der Waals surface area contributed by atoms with Gasteiger partial charge < -0.3 is 4.74 Å². The van der Waals surface area contributed by atoms with E-state index in [-0.39, 0.29) is 5.78 Å². The Hall–Kier alpha value is -1.13. The molecule has 1 heterocycles. The Bertz CT molecular complexity index is 723. The van der Waals surface area contributed by atoms with E-state index in [1.165, 1.54) is 5.56 Å². The fraction of sp³-hybridized carbons (Fsp3) is 0.235. The smallest absolute Gasteiger partial charge is 0.168 e. The van der Waals surface area contributed by atoms with E-state index in [1.54, 1.807) is 0 Å². The lowest BCUT2D eigenvalue weighted by Gasteiger charge is -2.10. The third-order valence-electron chi connectivity index (χ3n) is 3.60. The molecule has 0 radical (unpaired) electrons. The second kappa shape index (κ2) is 5.93. The minimum absolute atomic E-state index is 0.0985. The van der Waals surface area contributed by atoms with Crippen LogP contribution in [-0.4, -0.2) is 12.4 Å². The molecule has 1 aliphatic heterocycles. The summed E-state index contributed by atoms with van der Waals surface area (Å²) in [5.41, 5.74) is 3.93. The average Bonchev–Trinajstić information content (AvgIpc) is 2.89. The fourth-order valence-electron chi connectivity index (χ4n) is 2.60. The monoisotopic (exact) mass is 408 g/mol. The molecule has 1 aliphatic rings. The molecule has 0 unspecified atom stereocenters. The van der Waals surface area contributed by atoms with Crippen molar-refractivity contribution in [2.75, 3.05) is 6.61 Å². The number of aryl methyl sites for hydroxylation is 1. The molecule has 2 aromatic rings. The molecule has 0 aliphatic carbocycles. The van der Waals surface area contributed by atoms with E-state index in [9.17, 15) is 4.79 Å². The van der Waals surface area contributed by atoms with Crippen LogP contribution in [0.4, 0.5) is 0 Å². The number of hydrogen-bond acceptors (Lipinski definition) is 2. The van der Waals surface area contributed by atoms with Gasteiger partial charge in [0.2, 0.25) is 0 Å². The summed E-state index contributed by atoms with van der Waals surface area (Å²) >= 11 is 6.97. The van der Waals surface area contributed by atoms with Crippen LogP contribution >= 0.6 is 31.9 Å². The first-order valence-electron chi connectivity index (χ1n) is 6.78. The van der Waals surface area contributed by atoms with E-state index in [0.29, 0.717) is 13.0 Å². The van der Waals surface area contributed by atoms with Gasteiger partial charge in [-0.05, 0) is 36.8 Å². The average molecular weight is 410 g/mol. The van der Waals surface area contributed by atoms with E-state index >= 15 is 0 Å². The van der Waals surface area contributed by atoms with Gasteiger partial charge in [-0.15, -0.1) is 0 Å². The van der Waals surface area contributed by atoms with Crippen molar-refractivity contribution in [2.24, 2.45) is 0 Å². The van der Waals surface area contributed by atoms with Gasteiger partial charge in [-0.25, -0.2) is 0 Å². The molecular formula is C17H14Br2O2. The molecule has 108 valence electrons. The minimum Gasteiger partial charge on any atom is -0.493 e. The Morgan fingerprint density at radius 1 is 1.24 bits per heavy atom. The summed E-state index contributed by atoms with van der Waals surface area (Å²) < 4.78 is 7.53. The number of hydrogen-bond donors (Lipinski definition) is 0. The zero-order valence-corrected chi connectivity index (χ0v) is 14.8. The van der Waals surface area contributed by atoms with Crippen LogP contribution in [0.3, 0.4) is 0 Å². The summed E-state index contributed by atoms with van der Waals surface area (Å²) in [4.78, 5) is 12.6. The molecule has 0 saturated carbocycles. The Morgan fingerprint density at radius 3 is 2.86 bits per heavy atom. The largest absolute Gasteiger partial charge is 0.493 e. The summed E-state index contributed by atoms with van der Waals surface area (Å²) in [5.74, 6) is 0.983. The number of benzene rings is 2. The van der Waals surface area contributed by atoms with Crippen LogP contribution in [0, 0.1) is 6.92 Å². The quantitative estimate of drug-likeness (QED) is 0.675. The van der Waals surface area contributed by atoms with E-state index in [1.807, 2.05) is 31.2 Å². The highest BCUT2D eigenvalue weighted by molar-refractivity contribution is 9.10. The fourth-order valence-corrected chi connectivity index (χ4v) is 3.62. The van der Waals surface area contributed by atoms with Crippen LogP contribution in [0.25, 0.3) is 0 Å². The van der Waals surface area contributed by atoms with Gasteiger partial charge in [-0.2, -0.15) is 0 Å². The molecule has 0 aromatic heterocycles. The van der Waals surface area contributed by atoms with E-state index in [4.69, 9.17) is 4.74 Å². The normalized spacial score (nSPS) is 12.9. The number of carbonyl (C=O) groups excluding carboxylic acids is 1. The predicted molar refractivity (Wildman–Crippen MR) is 90.3 cm³/mol. The van der Waals surface area contributed by atoms with Gasteiger partial charge in [-0.1, -0.05) is 43.5 Å². The van der Waals surface area contributed by atoms with E-state index < -0.39 is 0 Å². The summed E-state index contributed by atoms with van der Waals surface area (Å²) in [7, 11) is 0. The van der Waals surface area contributed by atoms with Crippen LogP contribution in [0.15, 0.2) is 39.3 Å². The molecule has 2 aromatic carbocycles. The molecule has 0 bridgehead atoms. The number of fused-ring (bicyclic) bond motifs is 1. The molecule has 0 atom stereocenters. The van der Waals surface area contributed by atoms with Crippen molar-refractivity contribution in [3.8, 4) is 5.75 Å². The van der Waals surface area contributed by atoms with Crippen molar-refractivity contribution in [3.05, 3.63) is 61.5 Å². The number of ether oxygens (including phenoxy) is 1. The SMILES string of the molecule is Cc1ccc(Br)c(C(=O)Cc2cc(Br)cc3c2OCC3)c1. The first-order valence-corrected chi connectivity index (χ1v) is 8.36. The molecule has 3 rings (SSSR count). The van der Waals surface area contributed by atoms with Crippen molar-refractivity contribution in [1.29, 1.82) is 0 Å². The lowest BCUT2D eigenvalue weighted by molar-refractivity contribution is 0.0991. The van der Waals surface area contributed by atoms with Crippen molar-refractivity contribution in [2.45, 2.75) is 19.8 Å². The highest BCUT2D eigenvalue weighted by Crippen LogP contribution is 2.34. The van der Waals surface area contributed by atoms with Gasteiger partial charge in [-0.3, -0.25) is 4.79 Å². The molecule has 4 heteroatoms. The molecule has 2 nitrogen and oxygen atoms in total. The molecule has 0 spiro atoms. The van der Waals surface area contributed by atoms with Gasteiger partial charge in [0.1, 0.15) is 5.75 Å². The lowest BCUT2D eigenvalue weighted by atomic mass is 9.99. The van der Waals surface area contributed by atoms with Gasteiger partial charge in [0.05, 0.1) is 6.61 Å². The zero-order valence-electron chi connectivity index (χ0n) is 11.6. The number of ketones is 1. The first-order chi connectivity index (χ1) is 10.0. The topological polar surface area (TPSA) is 26.3 Å². The lowest BCUT2D eigenvalue weighted by Crippen LogP contribution is -2.06. The number of Topliss-reactive ketones (excluding diaryl/α,β-unsaturated/α-hetero) is 1. The molecule has 0 saturated heterocycles. The van der Waals surface area contributed by atoms with Crippen molar-refractivity contribution in [3.63, 3.8) is 0 Å². The van der Waals surface area contributed by atoms with Crippen LogP contribution in [0.1, 0.15) is 27.0 Å². The molecule has 0 N–H and O–H groups in total. The maximum Gasteiger partial charge on any atom is 0.168 e. The van der Waals surface area contributed by atoms with Gasteiger partial charge in [0.15, 0.2) is 5.78 Å². The highest BCUT2D eigenvalue weighted by Gasteiger charge is 2.20. The number of rotatable bonds is 3. The van der Waals surface area contributed by atoms with Crippen LogP contribution < -0.4 is 4.74 Å². The van der Waals surface area contributed by atoms with E-state index in [0.717, 1.165) is 37.8 Å². The van der Waals surface area contributed by atoms with Crippen molar-refractivity contribution in [1.82, 2.24) is 0 Å². The Morgan fingerprint density at radius 2 is 2.05 bits per heavy atom. The van der Waals surface area contributed by atoms with Crippen molar-refractivity contribution >= 4 is 37.6 Å². The number of halogens is 2. The Kier molecular flexibility index (Phi) is 4.18. The van der Waals surface area contributed by atoms with Crippen LogP contribution in [-0.2, 0) is 12.8 Å². The molecular weight excluding hydrogens is 396 g/mol. The molecule has 0 amide bonds. The van der Waals surface area contributed by atoms with Gasteiger partial charge >= 0.3 is 0 Å². The summed E-state index contributed by atoms with van der Waals surface area (Å²) in [6.45, 7) is 2.68. The Balaban J connectivity index is 1.94. The van der Waals surface area contributed by atoms with E-state index in [2.05, 4.69) is 37.9 Å². The highest BCUT2D eigenvalue weighted by atomic mass is 79.9. The third-order valence-corrected chi connectivity index (χ3v) is 4.75. The maximum atomic E-state index is 12.6. The predicted octanol–water partition coefficient (Wildman–Crippen LogP) is 4.88. The second-order valence-corrected chi connectivity index (χ2v) is 7.00. The minimum atomic E-state index is 0.0985. The zero-order chi connectivity index (χ0) is 15.0. The molecule has 21 heavy (non-hydrogen) atoms. The summed E-state index contributed by atoms with van der Waals surface area (Å²) in [5, 5.41) is 0. The van der Waals surface area contributed by atoms with Crippen LogP contribution in [0.2, 0.25) is 0 Å². The van der Waals surface area contributed by atoms with Gasteiger partial charge in [0.25, 0.3) is 0 Å². The third kappa shape index (κ3) is 3.06. The number of carbonyl (C=O) groups is 1. The van der Waals surface area contributed by atoms with Gasteiger partial charge in [0, 0.05) is 32.9 Å².